The van der Waals surface area contributed by atoms with Gasteiger partial charge in [0.2, 0.25) is 0 Å². The van der Waals surface area contributed by atoms with E-state index in [1.165, 1.54) is 6.07 Å². The van der Waals surface area contributed by atoms with Gasteiger partial charge in [-0.2, -0.15) is 0 Å². The predicted octanol–water partition coefficient (Wildman–Crippen LogP) is 2.68. The van der Waals surface area contributed by atoms with Crippen LogP contribution in [0.1, 0.15) is 28.4 Å². The Morgan fingerprint density at radius 3 is 2.40 bits per heavy atom. The summed E-state index contributed by atoms with van der Waals surface area (Å²) in [6.45, 7) is 5.07. The Morgan fingerprint density at radius 1 is 1.40 bits per heavy atom. The zero-order valence-electron chi connectivity index (χ0n) is 8.84. The van der Waals surface area contributed by atoms with Crippen LogP contribution >= 0.6 is 15.9 Å². The molecule has 0 aliphatic carbocycles. The number of phenolic OH excluding ortho intramolecular Hbond substituents is 2. The first-order valence-electron chi connectivity index (χ1n) is 4.56. The van der Waals surface area contributed by atoms with Gasteiger partial charge in [0, 0.05) is 11.1 Å². The van der Waals surface area contributed by atoms with Crippen molar-refractivity contribution in [3.05, 3.63) is 22.8 Å². The second-order valence-electron chi connectivity index (χ2n) is 3.54. The van der Waals surface area contributed by atoms with Crippen molar-refractivity contribution in [2.45, 2.75) is 25.6 Å². The van der Waals surface area contributed by atoms with E-state index in [0.717, 1.165) is 0 Å². The average molecular weight is 273 g/mol. The molecule has 0 radical (unpaired) electrons. The third-order valence-electron chi connectivity index (χ3n) is 2.33. The first kappa shape index (κ1) is 12.0. The lowest BCUT2D eigenvalue weighted by molar-refractivity contribution is 0.0994. The fourth-order valence-electron chi connectivity index (χ4n) is 1.53. The molecule has 1 aromatic rings. The first-order chi connectivity index (χ1) is 6.86. The molecule has 2 N–H and O–H groups in total. The molecule has 4 heteroatoms. The van der Waals surface area contributed by atoms with E-state index < -0.39 is 0 Å². The van der Waals surface area contributed by atoms with Crippen LogP contribution < -0.4 is 0 Å². The quantitative estimate of drug-likeness (QED) is 0.495. The minimum Gasteiger partial charge on any atom is -0.504 e. The molecule has 1 atom stereocenters. The van der Waals surface area contributed by atoms with Crippen LogP contribution in [0.3, 0.4) is 0 Å². The van der Waals surface area contributed by atoms with E-state index in [9.17, 15) is 15.0 Å². The summed E-state index contributed by atoms with van der Waals surface area (Å²) in [5, 5.41) is 18.9. The van der Waals surface area contributed by atoms with E-state index in [1.54, 1.807) is 20.8 Å². The van der Waals surface area contributed by atoms with E-state index in [4.69, 9.17) is 0 Å². The van der Waals surface area contributed by atoms with E-state index >= 15 is 0 Å². The summed E-state index contributed by atoms with van der Waals surface area (Å²) < 4.78 is 0. The lowest BCUT2D eigenvalue weighted by Crippen LogP contribution is -2.13. The Kier molecular flexibility index (Phi) is 3.39. The molecule has 0 aromatic heterocycles. The van der Waals surface area contributed by atoms with Crippen LogP contribution in [0.25, 0.3) is 0 Å². The third kappa shape index (κ3) is 2.15. The number of carbonyl (C=O) groups excluding carboxylic acids is 1. The molecule has 0 saturated carbocycles. The van der Waals surface area contributed by atoms with Crippen LogP contribution in [0.5, 0.6) is 11.5 Å². The molecule has 0 heterocycles. The van der Waals surface area contributed by atoms with Crippen molar-refractivity contribution in [1.29, 1.82) is 0 Å². The van der Waals surface area contributed by atoms with Crippen molar-refractivity contribution >= 4 is 21.7 Å². The molecule has 82 valence electrons. The number of Topliss-reactive ketones (excluding diaryl/α,β-unsaturated/α-hetero) is 1. The minimum absolute atomic E-state index is 0.0969. The monoisotopic (exact) mass is 272 g/mol. The van der Waals surface area contributed by atoms with Gasteiger partial charge in [0.1, 0.15) is 0 Å². The second-order valence-corrected chi connectivity index (χ2v) is 4.91. The summed E-state index contributed by atoms with van der Waals surface area (Å²) in [4.78, 5) is 11.5. The topological polar surface area (TPSA) is 57.5 Å². The molecule has 1 unspecified atom stereocenters. The SMILES string of the molecule is Cc1cc(O)c(O)c(C)c1C(=O)C(C)Br. The van der Waals surface area contributed by atoms with Gasteiger partial charge >= 0.3 is 0 Å². The molecule has 3 nitrogen and oxygen atoms in total. The van der Waals surface area contributed by atoms with E-state index in [-0.39, 0.29) is 22.1 Å². The number of rotatable bonds is 2. The molecule has 0 aliphatic heterocycles. The molecular weight excluding hydrogens is 260 g/mol. The van der Waals surface area contributed by atoms with Gasteiger partial charge in [0.25, 0.3) is 0 Å². The van der Waals surface area contributed by atoms with Gasteiger partial charge in [0.15, 0.2) is 17.3 Å². The second kappa shape index (κ2) is 4.23. The van der Waals surface area contributed by atoms with Crippen molar-refractivity contribution in [3.8, 4) is 11.5 Å². The lowest BCUT2D eigenvalue weighted by atomic mass is 9.96. The molecule has 15 heavy (non-hydrogen) atoms. The first-order valence-corrected chi connectivity index (χ1v) is 5.48. The summed E-state index contributed by atoms with van der Waals surface area (Å²) in [6.07, 6.45) is 0. The number of aryl methyl sites for hydroxylation is 1. The Hall–Kier alpha value is -1.03. The van der Waals surface area contributed by atoms with Crippen LogP contribution in [-0.4, -0.2) is 20.8 Å². The summed E-state index contributed by atoms with van der Waals surface area (Å²) in [7, 11) is 0. The smallest absolute Gasteiger partial charge is 0.176 e. The third-order valence-corrected chi connectivity index (χ3v) is 2.74. The van der Waals surface area contributed by atoms with Gasteiger partial charge < -0.3 is 10.2 Å². The molecule has 0 saturated heterocycles. The fourth-order valence-corrected chi connectivity index (χ4v) is 1.76. The zero-order valence-corrected chi connectivity index (χ0v) is 10.4. The maximum absolute atomic E-state index is 11.8. The highest BCUT2D eigenvalue weighted by Gasteiger charge is 2.20. The van der Waals surface area contributed by atoms with Gasteiger partial charge in [-0.15, -0.1) is 0 Å². The summed E-state index contributed by atoms with van der Waals surface area (Å²) in [5.41, 5.74) is 1.55. The number of hydrogen-bond acceptors (Lipinski definition) is 3. The van der Waals surface area contributed by atoms with Crippen molar-refractivity contribution in [1.82, 2.24) is 0 Å². The molecule has 0 spiro atoms. The number of alkyl halides is 1. The summed E-state index contributed by atoms with van der Waals surface area (Å²) in [6, 6.07) is 1.39. The number of benzene rings is 1. The molecule has 0 aliphatic rings. The van der Waals surface area contributed by atoms with Gasteiger partial charge in [0.05, 0.1) is 4.83 Å². The number of phenols is 2. The molecule has 1 rings (SSSR count). The van der Waals surface area contributed by atoms with Crippen LogP contribution in [0.4, 0.5) is 0 Å². The van der Waals surface area contributed by atoms with Gasteiger partial charge in [-0.3, -0.25) is 4.79 Å². The molecule has 1 aromatic carbocycles. The normalized spacial score (nSPS) is 12.5. The molecule has 0 bridgehead atoms. The largest absolute Gasteiger partial charge is 0.504 e. The van der Waals surface area contributed by atoms with E-state index in [2.05, 4.69) is 15.9 Å². The van der Waals surface area contributed by atoms with Gasteiger partial charge in [-0.1, -0.05) is 15.9 Å². The zero-order chi connectivity index (χ0) is 11.7. The number of carbonyl (C=O) groups is 1. The predicted molar refractivity (Wildman–Crippen MR) is 62.0 cm³/mol. The Bertz CT molecular complexity index is 411. The highest BCUT2D eigenvalue weighted by atomic mass is 79.9. The Labute approximate surface area is 96.9 Å². The molecule has 0 amide bonds. The Balaban J connectivity index is 3.43. The maximum atomic E-state index is 11.8. The number of halogens is 1. The van der Waals surface area contributed by atoms with Crippen LogP contribution in [-0.2, 0) is 0 Å². The highest BCUT2D eigenvalue weighted by Crippen LogP contribution is 2.34. The molecular formula is C11H13BrO3. The average Bonchev–Trinajstić information content (AvgIpc) is 2.14. The standard InChI is InChI=1S/C11H13BrO3/c1-5-4-8(13)10(14)6(2)9(5)11(15)7(3)12/h4,7,13-14H,1-3H3. The van der Waals surface area contributed by atoms with Crippen molar-refractivity contribution < 1.29 is 15.0 Å². The fraction of sp³-hybridized carbons (Fsp3) is 0.364. The highest BCUT2D eigenvalue weighted by molar-refractivity contribution is 9.10. The van der Waals surface area contributed by atoms with Crippen LogP contribution in [0.15, 0.2) is 6.07 Å². The molecule has 0 fully saturated rings. The van der Waals surface area contributed by atoms with E-state index in [1.807, 2.05) is 0 Å². The number of aromatic hydroxyl groups is 2. The van der Waals surface area contributed by atoms with Crippen molar-refractivity contribution in [2.24, 2.45) is 0 Å². The summed E-state index contributed by atoms with van der Waals surface area (Å²) >= 11 is 3.19. The van der Waals surface area contributed by atoms with Crippen LogP contribution in [0.2, 0.25) is 0 Å². The van der Waals surface area contributed by atoms with Crippen molar-refractivity contribution in [3.63, 3.8) is 0 Å². The van der Waals surface area contributed by atoms with E-state index in [0.29, 0.717) is 16.7 Å². The number of hydrogen-bond donors (Lipinski definition) is 2. The van der Waals surface area contributed by atoms with Gasteiger partial charge in [-0.25, -0.2) is 0 Å². The summed E-state index contributed by atoms with van der Waals surface area (Å²) in [5.74, 6) is -0.513. The number of ketones is 1. The minimum atomic E-state index is -0.307. The Morgan fingerprint density at radius 2 is 1.93 bits per heavy atom. The van der Waals surface area contributed by atoms with Crippen LogP contribution in [0, 0.1) is 13.8 Å². The van der Waals surface area contributed by atoms with Crippen molar-refractivity contribution in [2.75, 3.05) is 0 Å². The van der Waals surface area contributed by atoms with Gasteiger partial charge in [-0.05, 0) is 32.4 Å². The lowest BCUT2D eigenvalue weighted by Gasteiger charge is -2.12. The maximum Gasteiger partial charge on any atom is 0.176 e.